The van der Waals surface area contributed by atoms with Gasteiger partial charge in [0.05, 0.1) is 5.69 Å². The highest BCUT2D eigenvalue weighted by Gasteiger charge is 2.08. The second-order valence-electron chi connectivity index (χ2n) is 2.86. The Morgan fingerprint density at radius 2 is 2.36 bits per heavy atom. The van der Waals surface area contributed by atoms with Crippen LogP contribution in [-0.4, -0.2) is 24.6 Å². The minimum Gasteiger partial charge on any atom is -0.375 e. The monoisotopic (exact) mass is 214 g/mol. The molecule has 1 rings (SSSR count). The number of carbonyl (C=O) groups excluding carboxylic acids is 1. The van der Waals surface area contributed by atoms with Crippen LogP contribution in [0.1, 0.15) is 17.5 Å². The van der Waals surface area contributed by atoms with Gasteiger partial charge in [0.1, 0.15) is 6.61 Å². The van der Waals surface area contributed by atoms with Crippen LogP contribution in [0.5, 0.6) is 0 Å². The number of nitrogens with one attached hydrogen (secondary N) is 1. The second-order valence-corrected chi connectivity index (χ2v) is 3.95. The van der Waals surface area contributed by atoms with Crippen LogP contribution in [0.3, 0.4) is 0 Å². The lowest BCUT2D eigenvalue weighted by Gasteiger charge is -1.98. The van der Waals surface area contributed by atoms with E-state index >= 15 is 0 Å². The average molecular weight is 214 g/mol. The lowest BCUT2D eigenvalue weighted by atomic mass is 10.3. The number of anilines is 1. The molecule has 1 N–H and O–H groups in total. The van der Waals surface area contributed by atoms with Crippen LogP contribution in [0.25, 0.3) is 0 Å². The zero-order valence-electron chi connectivity index (χ0n) is 8.59. The molecule has 0 saturated carbocycles. The molecule has 0 fully saturated rings. The molecular weight excluding hydrogens is 200 g/mol. The number of rotatable bonds is 4. The van der Waals surface area contributed by atoms with Gasteiger partial charge in [-0.05, 0) is 13.3 Å². The maximum atomic E-state index is 11.2. The fourth-order valence-corrected chi connectivity index (χ4v) is 2.01. The van der Waals surface area contributed by atoms with E-state index in [9.17, 15) is 4.79 Å². The minimum atomic E-state index is -0.163. The van der Waals surface area contributed by atoms with Gasteiger partial charge in [0.15, 0.2) is 5.13 Å². The van der Waals surface area contributed by atoms with Crippen LogP contribution in [-0.2, 0) is 16.0 Å². The van der Waals surface area contributed by atoms with Gasteiger partial charge in [-0.25, -0.2) is 4.98 Å². The van der Waals surface area contributed by atoms with Crippen molar-refractivity contribution in [2.24, 2.45) is 0 Å². The number of aryl methyl sites for hydroxylation is 2. The van der Waals surface area contributed by atoms with Crippen molar-refractivity contribution in [1.29, 1.82) is 0 Å². The van der Waals surface area contributed by atoms with Crippen LogP contribution in [0.4, 0.5) is 5.13 Å². The van der Waals surface area contributed by atoms with E-state index in [0.717, 1.165) is 12.1 Å². The molecule has 14 heavy (non-hydrogen) atoms. The molecule has 0 bridgehead atoms. The smallest absolute Gasteiger partial charge is 0.252 e. The third-order valence-corrected chi connectivity index (χ3v) is 2.95. The first-order chi connectivity index (χ1) is 6.67. The largest absolute Gasteiger partial charge is 0.375 e. The van der Waals surface area contributed by atoms with Gasteiger partial charge in [-0.2, -0.15) is 0 Å². The number of methoxy groups -OCH3 is 1. The molecule has 0 aliphatic carbocycles. The Morgan fingerprint density at radius 1 is 1.64 bits per heavy atom. The minimum absolute atomic E-state index is 0.0695. The van der Waals surface area contributed by atoms with E-state index in [1.54, 1.807) is 0 Å². The third kappa shape index (κ3) is 2.78. The fourth-order valence-electron chi connectivity index (χ4n) is 1.10. The number of amides is 1. The van der Waals surface area contributed by atoms with Gasteiger partial charge in [0.2, 0.25) is 0 Å². The molecular formula is C9H14N2O2S. The Hall–Kier alpha value is -0.940. The molecule has 0 aliphatic rings. The van der Waals surface area contributed by atoms with Crippen LogP contribution >= 0.6 is 11.3 Å². The number of hydrogen-bond acceptors (Lipinski definition) is 4. The molecule has 1 aromatic heterocycles. The molecule has 0 aromatic carbocycles. The van der Waals surface area contributed by atoms with Crippen molar-refractivity contribution < 1.29 is 9.53 Å². The molecule has 1 aromatic rings. The molecule has 5 heteroatoms. The highest BCUT2D eigenvalue weighted by molar-refractivity contribution is 7.15. The summed E-state index contributed by atoms with van der Waals surface area (Å²) in [7, 11) is 1.49. The number of ether oxygens (including phenoxy) is 1. The number of aromatic nitrogens is 1. The molecule has 4 nitrogen and oxygen atoms in total. The van der Waals surface area contributed by atoms with Crippen molar-refractivity contribution in [3.63, 3.8) is 0 Å². The standard InChI is InChI=1S/C9H14N2O2S/c1-4-7-6(2)10-9(14-7)11-8(12)5-13-3/h4-5H2,1-3H3,(H,10,11,12). The Bertz CT molecular complexity index is 323. The van der Waals surface area contributed by atoms with Gasteiger partial charge in [0, 0.05) is 12.0 Å². The lowest BCUT2D eigenvalue weighted by Crippen LogP contribution is -2.16. The van der Waals surface area contributed by atoms with E-state index in [0.29, 0.717) is 5.13 Å². The molecule has 0 atom stereocenters. The summed E-state index contributed by atoms with van der Waals surface area (Å²) in [5.74, 6) is -0.163. The van der Waals surface area contributed by atoms with Crippen molar-refractivity contribution in [2.45, 2.75) is 20.3 Å². The zero-order valence-corrected chi connectivity index (χ0v) is 9.40. The summed E-state index contributed by atoms with van der Waals surface area (Å²) >= 11 is 1.52. The van der Waals surface area contributed by atoms with Crippen LogP contribution < -0.4 is 5.32 Å². The first-order valence-corrected chi connectivity index (χ1v) is 5.24. The highest BCUT2D eigenvalue weighted by atomic mass is 32.1. The normalized spacial score (nSPS) is 10.2. The average Bonchev–Trinajstić information content (AvgIpc) is 2.46. The summed E-state index contributed by atoms with van der Waals surface area (Å²) < 4.78 is 4.70. The maximum Gasteiger partial charge on any atom is 0.252 e. The van der Waals surface area contributed by atoms with E-state index in [1.165, 1.54) is 23.3 Å². The van der Waals surface area contributed by atoms with Crippen LogP contribution in [0.15, 0.2) is 0 Å². The zero-order chi connectivity index (χ0) is 10.6. The van der Waals surface area contributed by atoms with Crippen molar-refractivity contribution in [3.05, 3.63) is 10.6 Å². The summed E-state index contributed by atoms with van der Waals surface area (Å²) in [4.78, 5) is 16.6. The summed E-state index contributed by atoms with van der Waals surface area (Å²) in [6.07, 6.45) is 0.948. The number of thiazole rings is 1. The summed E-state index contributed by atoms with van der Waals surface area (Å²) in [5.41, 5.74) is 0.991. The van der Waals surface area contributed by atoms with Crippen LogP contribution in [0.2, 0.25) is 0 Å². The molecule has 1 heterocycles. The van der Waals surface area contributed by atoms with Gasteiger partial charge in [-0.3, -0.25) is 10.1 Å². The van der Waals surface area contributed by atoms with Gasteiger partial charge in [-0.15, -0.1) is 11.3 Å². The predicted octanol–water partition coefficient (Wildman–Crippen LogP) is 1.60. The summed E-state index contributed by atoms with van der Waals surface area (Å²) in [5, 5.41) is 3.34. The summed E-state index contributed by atoms with van der Waals surface area (Å²) in [6.45, 7) is 4.09. The van der Waals surface area contributed by atoms with Crippen molar-refractivity contribution >= 4 is 22.4 Å². The molecule has 0 radical (unpaired) electrons. The van der Waals surface area contributed by atoms with Crippen molar-refractivity contribution in [3.8, 4) is 0 Å². The van der Waals surface area contributed by atoms with Gasteiger partial charge in [-0.1, -0.05) is 6.92 Å². The molecule has 1 amide bonds. The van der Waals surface area contributed by atoms with E-state index in [4.69, 9.17) is 4.74 Å². The summed E-state index contributed by atoms with van der Waals surface area (Å²) in [6, 6.07) is 0. The molecule has 0 unspecified atom stereocenters. The molecule has 0 aliphatic heterocycles. The Morgan fingerprint density at radius 3 is 2.86 bits per heavy atom. The second kappa shape index (κ2) is 5.07. The molecule has 78 valence electrons. The fraction of sp³-hybridized carbons (Fsp3) is 0.556. The van der Waals surface area contributed by atoms with Gasteiger partial charge in [0.25, 0.3) is 5.91 Å². The SMILES string of the molecule is CCc1sc(NC(=O)COC)nc1C. The van der Waals surface area contributed by atoms with E-state index in [1.807, 2.05) is 6.92 Å². The topological polar surface area (TPSA) is 51.2 Å². The van der Waals surface area contributed by atoms with Crippen molar-refractivity contribution in [2.75, 3.05) is 19.0 Å². The number of nitrogens with zero attached hydrogens (tertiary/aromatic N) is 1. The third-order valence-electron chi connectivity index (χ3n) is 1.74. The quantitative estimate of drug-likeness (QED) is 0.828. The highest BCUT2D eigenvalue weighted by Crippen LogP contribution is 2.22. The molecule has 0 spiro atoms. The van der Waals surface area contributed by atoms with Crippen LogP contribution in [0, 0.1) is 6.92 Å². The van der Waals surface area contributed by atoms with E-state index in [2.05, 4.69) is 17.2 Å². The predicted molar refractivity (Wildman–Crippen MR) is 56.7 cm³/mol. The Kier molecular flexibility index (Phi) is 4.03. The van der Waals surface area contributed by atoms with E-state index < -0.39 is 0 Å². The lowest BCUT2D eigenvalue weighted by molar-refractivity contribution is -0.119. The molecule has 0 saturated heterocycles. The van der Waals surface area contributed by atoms with Gasteiger partial charge >= 0.3 is 0 Å². The van der Waals surface area contributed by atoms with E-state index in [-0.39, 0.29) is 12.5 Å². The first-order valence-electron chi connectivity index (χ1n) is 4.42. The number of hydrogen-bond donors (Lipinski definition) is 1. The maximum absolute atomic E-state index is 11.2. The first kappa shape index (κ1) is 11.1. The Balaban J connectivity index is 2.63. The number of carbonyl (C=O) groups is 1. The van der Waals surface area contributed by atoms with Gasteiger partial charge < -0.3 is 4.74 Å². The Labute approximate surface area is 87.3 Å². The van der Waals surface area contributed by atoms with Crippen molar-refractivity contribution in [1.82, 2.24) is 4.98 Å².